The fraction of sp³-hybridized carbons (Fsp3) is 0.409. The zero-order chi connectivity index (χ0) is 19.8. The van der Waals surface area contributed by atoms with Crippen LogP contribution in [0.5, 0.6) is 0 Å². The number of nitrogens with zero attached hydrogens (tertiary/aromatic N) is 2. The van der Waals surface area contributed by atoms with Crippen LogP contribution >= 0.6 is 0 Å². The third kappa shape index (κ3) is 3.64. The molecule has 0 radical (unpaired) electrons. The van der Waals surface area contributed by atoms with Crippen molar-refractivity contribution in [3.05, 3.63) is 46.3 Å². The highest BCUT2D eigenvalue weighted by Gasteiger charge is 2.23. The first-order chi connectivity index (χ1) is 13.4. The van der Waals surface area contributed by atoms with Crippen LogP contribution < -0.4 is 10.9 Å². The number of piperidine rings is 1. The minimum atomic E-state index is -0.409. The van der Waals surface area contributed by atoms with Gasteiger partial charge in [0.05, 0.1) is 17.4 Å². The SMILES string of the molecule is Cc1cc(NC(=O)CN2C[C@H](C)C[C@@H](C)C2)nc2c1c(=O)oc1ccccc12. The third-order valence-electron chi connectivity index (χ3n) is 5.34. The van der Waals surface area contributed by atoms with E-state index in [9.17, 15) is 9.59 Å². The number of pyridine rings is 1. The van der Waals surface area contributed by atoms with Crippen LogP contribution in [-0.2, 0) is 4.79 Å². The summed E-state index contributed by atoms with van der Waals surface area (Å²) in [6.07, 6.45) is 1.21. The van der Waals surface area contributed by atoms with Gasteiger partial charge in [-0.15, -0.1) is 0 Å². The minimum Gasteiger partial charge on any atom is -0.422 e. The van der Waals surface area contributed by atoms with Crippen molar-refractivity contribution in [1.82, 2.24) is 9.88 Å². The lowest BCUT2D eigenvalue weighted by atomic mass is 9.92. The second kappa shape index (κ2) is 7.36. The van der Waals surface area contributed by atoms with Crippen LogP contribution in [0.15, 0.2) is 39.5 Å². The molecule has 6 nitrogen and oxygen atoms in total. The van der Waals surface area contributed by atoms with Crippen LogP contribution in [0.25, 0.3) is 21.9 Å². The summed E-state index contributed by atoms with van der Waals surface area (Å²) in [6.45, 7) is 8.52. The lowest BCUT2D eigenvalue weighted by molar-refractivity contribution is -0.117. The fourth-order valence-corrected chi connectivity index (χ4v) is 4.40. The van der Waals surface area contributed by atoms with Gasteiger partial charge in [0, 0.05) is 18.5 Å². The average Bonchev–Trinajstić information content (AvgIpc) is 2.60. The zero-order valence-electron chi connectivity index (χ0n) is 16.5. The second-order valence-corrected chi connectivity index (χ2v) is 8.12. The topological polar surface area (TPSA) is 75.4 Å². The van der Waals surface area contributed by atoms with Crippen molar-refractivity contribution in [2.24, 2.45) is 11.8 Å². The smallest absolute Gasteiger partial charge is 0.346 e. The summed E-state index contributed by atoms with van der Waals surface area (Å²) >= 11 is 0. The lowest BCUT2D eigenvalue weighted by Gasteiger charge is -2.34. The normalized spacial score (nSPS) is 20.5. The molecule has 1 fully saturated rings. The number of hydrogen-bond donors (Lipinski definition) is 1. The molecule has 0 saturated carbocycles. The van der Waals surface area contributed by atoms with Gasteiger partial charge >= 0.3 is 5.63 Å². The number of carbonyl (C=O) groups is 1. The Morgan fingerprint density at radius 1 is 1.25 bits per heavy atom. The summed E-state index contributed by atoms with van der Waals surface area (Å²) in [5.41, 5.74) is 1.38. The Hall–Kier alpha value is -2.73. The maximum Gasteiger partial charge on any atom is 0.346 e. The molecule has 2 aromatic heterocycles. The third-order valence-corrected chi connectivity index (χ3v) is 5.34. The van der Waals surface area contributed by atoms with Gasteiger partial charge in [-0.2, -0.15) is 0 Å². The molecule has 3 heterocycles. The Morgan fingerprint density at radius 2 is 1.96 bits per heavy atom. The van der Waals surface area contributed by atoms with Crippen LogP contribution in [0.4, 0.5) is 5.82 Å². The lowest BCUT2D eigenvalue weighted by Crippen LogP contribution is -2.42. The summed E-state index contributed by atoms with van der Waals surface area (Å²) < 4.78 is 5.41. The van der Waals surface area contributed by atoms with Gasteiger partial charge in [-0.1, -0.05) is 26.0 Å². The van der Waals surface area contributed by atoms with E-state index in [1.807, 2.05) is 25.1 Å². The van der Waals surface area contributed by atoms with Crippen molar-refractivity contribution in [3.63, 3.8) is 0 Å². The van der Waals surface area contributed by atoms with E-state index >= 15 is 0 Å². The van der Waals surface area contributed by atoms with E-state index in [1.54, 1.807) is 12.1 Å². The van der Waals surface area contributed by atoms with Gasteiger partial charge in [-0.05, 0) is 48.9 Å². The molecule has 1 aromatic carbocycles. The average molecular weight is 379 g/mol. The van der Waals surface area contributed by atoms with Gasteiger partial charge in [0.2, 0.25) is 5.91 Å². The fourth-order valence-electron chi connectivity index (χ4n) is 4.40. The molecule has 1 aliphatic rings. The summed E-state index contributed by atoms with van der Waals surface area (Å²) in [4.78, 5) is 31.7. The van der Waals surface area contributed by atoms with E-state index in [2.05, 4.69) is 29.0 Å². The molecule has 4 rings (SSSR count). The van der Waals surface area contributed by atoms with E-state index < -0.39 is 5.63 Å². The highest BCUT2D eigenvalue weighted by molar-refractivity contribution is 6.04. The number of aromatic nitrogens is 1. The van der Waals surface area contributed by atoms with Crippen molar-refractivity contribution in [2.45, 2.75) is 27.2 Å². The van der Waals surface area contributed by atoms with Crippen molar-refractivity contribution in [3.8, 4) is 0 Å². The number of aryl methyl sites for hydroxylation is 1. The van der Waals surface area contributed by atoms with Gasteiger partial charge < -0.3 is 9.73 Å². The van der Waals surface area contributed by atoms with E-state index in [1.165, 1.54) is 6.42 Å². The molecule has 1 aliphatic heterocycles. The number of benzene rings is 1. The summed E-state index contributed by atoms with van der Waals surface area (Å²) in [6, 6.07) is 9.04. The molecule has 0 unspecified atom stereocenters. The molecule has 1 N–H and O–H groups in total. The number of likely N-dealkylation sites (tertiary alicyclic amines) is 1. The first-order valence-electron chi connectivity index (χ1n) is 9.76. The van der Waals surface area contributed by atoms with E-state index in [-0.39, 0.29) is 5.91 Å². The van der Waals surface area contributed by atoms with Crippen LogP contribution in [0.2, 0.25) is 0 Å². The number of hydrogen-bond acceptors (Lipinski definition) is 5. The first-order valence-corrected chi connectivity index (χ1v) is 9.76. The molecule has 1 amide bonds. The number of carbonyl (C=O) groups excluding carboxylic acids is 1. The van der Waals surface area contributed by atoms with E-state index in [0.29, 0.717) is 40.7 Å². The molecule has 0 spiro atoms. The highest BCUT2D eigenvalue weighted by Crippen LogP contribution is 2.25. The summed E-state index contributed by atoms with van der Waals surface area (Å²) in [5, 5.41) is 4.12. The van der Waals surface area contributed by atoms with Gasteiger partial charge in [-0.3, -0.25) is 9.69 Å². The largest absolute Gasteiger partial charge is 0.422 e. The van der Waals surface area contributed by atoms with Crippen molar-refractivity contribution >= 4 is 33.6 Å². The van der Waals surface area contributed by atoms with Gasteiger partial charge in [0.15, 0.2) is 0 Å². The number of rotatable bonds is 3. The maximum atomic E-state index is 12.6. The van der Waals surface area contributed by atoms with E-state index in [4.69, 9.17) is 4.42 Å². The number of para-hydroxylation sites is 1. The van der Waals surface area contributed by atoms with Crippen LogP contribution in [0, 0.1) is 18.8 Å². The molecule has 0 aliphatic carbocycles. The van der Waals surface area contributed by atoms with Crippen LogP contribution in [0.1, 0.15) is 25.8 Å². The molecule has 28 heavy (non-hydrogen) atoms. The Morgan fingerprint density at radius 3 is 2.71 bits per heavy atom. The Kier molecular flexibility index (Phi) is 4.89. The van der Waals surface area contributed by atoms with Crippen molar-refractivity contribution in [2.75, 3.05) is 25.0 Å². The Bertz CT molecular complexity index is 1100. The van der Waals surface area contributed by atoms with Gasteiger partial charge in [-0.25, -0.2) is 9.78 Å². The monoisotopic (exact) mass is 379 g/mol. The standard InChI is InChI=1S/C22H25N3O3/c1-13-8-14(2)11-25(10-13)12-19(26)23-18-9-15(3)20-21(24-18)16-6-4-5-7-17(16)28-22(20)27/h4-7,9,13-14H,8,10-12H2,1-3H3,(H,23,24,26)/t13-,14-/m1/s1. The van der Waals surface area contributed by atoms with Crippen LogP contribution in [-0.4, -0.2) is 35.4 Å². The van der Waals surface area contributed by atoms with Gasteiger partial charge in [0.1, 0.15) is 11.4 Å². The van der Waals surface area contributed by atoms with Crippen molar-refractivity contribution in [1.29, 1.82) is 0 Å². The molecule has 6 heteroatoms. The zero-order valence-corrected chi connectivity index (χ0v) is 16.5. The second-order valence-electron chi connectivity index (χ2n) is 8.12. The molecule has 3 aromatic rings. The number of nitrogens with one attached hydrogen (secondary N) is 1. The quantitative estimate of drug-likeness (QED) is 0.556. The summed E-state index contributed by atoms with van der Waals surface area (Å²) in [7, 11) is 0. The minimum absolute atomic E-state index is 0.0835. The highest BCUT2D eigenvalue weighted by atomic mass is 16.4. The number of anilines is 1. The van der Waals surface area contributed by atoms with Crippen LogP contribution in [0.3, 0.4) is 0 Å². The number of amides is 1. The maximum absolute atomic E-state index is 12.6. The Balaban J connectivity index is 1.63. The Labute approximate surface area is 163 Å². The van der Waals surface area contributed by atoms with E-state index in [0.717, 1.165) is 24.0 Å². The van der Waals surface area contributed by atoms with Crippen molar-refractivity contribution < 1.29 is 9.21 Å². The molecular weight excluding hydrogens is 354 g/mol. The molecule has 0 bridgehead atoms. The molecule has 1 saturated heterocycles. The first kappa shape index (κ1) is 18.6. The van der Waals surface area contributed by atoms with Gasteiger partial charge in [0.25, 0.3) is 0 Å². The number of fused-ring (bicyclic) bond motifs is 3. The molecular formula is C22H25N3O3. The molecule has 2 atom stereocenters. The predicted octanol–water partition coefficient (Wildman–Crippen LogP) is 3.57. The summed E-state index contributed by atoms with van der Waals surface area (Å²) in [5.74, 6) is 1.58. The molecule has 146 valence electrons. The predicted molar refractivity (Wildman–Crippen MR) is 111 cm³/mol.